The molecular weight excluding hydrogens is 206 g/mol. The summed E-state index contributed by atoms with van der Waals surface area (Å²) in [5, 5.41) is 14.6. The number of aromatic nitrogens is 3. The number of aliphatic hydroxyl groups is 1. The molecule has 2 unspecified atom stereocenters. The minimum absolute atomic E-state index is 0.204. The Bertz CT molecular complexity index is 410. The molecule has 14 heavy (non-hydrogen) atoms. The number of aliphatic hydroxyl groups excluding tert-OH is 1. The van der Waals surface area contributed by atoms with Crippen molar-refractivity contribution < 1.29 is 13.5 Å². The molecule has 0 fully saturated rings. The fourth-order valence-corrected chi connectivity index (χ4v) is 1.37. The third-order valence-electron chi connectivity index (χ3n) is 1.92. The first-order valence-corrected chi connectivity index (χ1v) is 6.07. The first-order chi connectivity index (χ1) is 6.32. The van der Waals surface area contributed by atoms with Crippen LogP contribution in [0, 0.1) is 0 Å². The first-order valence-electron chi connectivity index (χ1n) is 4.11. The van der Waals surface area contributed by atoms with Crippen LogP contribution in [0.3, 0.4) is 0 Å². The second-order valence-electron chi connectivity index (χ2n) is 3.23. The van der Waals surface area contributed by atoms with Gasteiger partial charge in [0.05, 0.1) is 0 Å². The van der Waals surface area contributed by atoms with Crippen molar-refractivity contribution in [2.45, 2.75) is 25.2 Å². The van der Waals surface area contributed by atoms with E-state index in [2.05, 4.69) is 15.2 Å². The van der Waals surface area contributed by atoms with Gasteiger partial charge in [0.2, 0.25) is 0 Å². The van der Waals surface area contributed by atoms with Gasteiger partial charge in [-0.15, -0.1) is 0 Å². The molecule has 0 amide bonds. The van der Waals surface area contributed by atoms with Crippen molar-refractivity contribution in [2.24, 2.45) is 0 Å². The van der Waals surface area contributed by atoms with Crippen molar-refractivity contribution in [1.82, 2.24) is 15.2 Å². The third-order valence-corrected chi connectivity index (χ3v) is 3.43. The summed E-state index contributed by atoms with van der Waals surface area (Å²) in [4.78, 5) is 3.88. The van der Waals surface area contributed by atoms with Crippen LogP contribution in [-0.4, -0.2) is 35.0 Å². The molecule has 0 aromatic carbocycles. The zero-order valence-corrected chi connectivity index (χ0v) is 9.04. The molecule has 80 valence electrons. The van der Waals surface area contributed by atoms with Gasteiger partial charge in [0.25, 0.3) is 0 Å². The zero-order chi connectivity index (χ0) is 10.9. The normalized spacial score (nSPS) is 16.6. The Morgan fingerprint density at radius 3 is 2.36 bits per heavy atom. The summed E-state index contributed by atoms with van der Waals surface area (Å²) in [5.41, 5.74) is 0. The lowest BCUT2D eigenvalue weighted by molar-refractivity contribution is 0.189. The number of H-pyrrole nitrogens is 1. The van der Waals surface area contributed by atoms with E-state index >= 15 is 0 Å². The summed E-state index contributed by atoms with van der Waals surface area (Å²) >= 11 is 0. The van der Waals surface area contributed by atoms with Gasteiger partial charge < -0.3 is 5.11 Å². The second kappa shape index (κ2) is 3.66. The van der Waals surface area contributed by atoms with Gasteiger partial charge >= 0.3 is 0 Å². The lowest BCUT2D eigenvalue weighted by Crippen LogP contribution is -2.09. The molecule has 0 bridgehead atoms. The van der Waals surface area contributed by atoms with Gasteiger partial charge in [-0.3, -0.25) is 5.10 Å². The van der Waals surface area contributed by atoms with Gasteiger partial charge in [-0.2, -0.15) is 5.10 Å². The highest BCUT2D eigenvalue weighted by molar-refractivity contribution is 7.90. The summed E-state index contributed by atoms with van der Waals surface area (Å²) in [7, 11) is -3.18. The van der Waals surface area contributed by atoms with E-state index in [1.165, 1.54) is 13.8 Å². The van der Waals surface area contributed by atoms with E-state index in [1.807, 2.05) is 0 Å². The highest BCUT2D eigenvalue weighted by Crippen LogP contribution is 2.17. The summed E-state index contributed by atoms with van der Waals surface area (Å²) in [6.07, 6.45) is 0.328. The minimum atomic E-state index is -3.18. The average molecular weight is 219 g/mol. The van der Waals surface area contributed by atoms with Crippen LogP contribution in [0.5, 0.6) is 0 Å². The minimum Gasteiger partial charge on any atom is -0.385 e. The van der Waals surface area contributed by atoms with Crippen LogP contribution < -0.4 is 0 Å². The van der Waals surface area contributed by atoms with E-state index in [0.717, 1.165) is 6.26 Å². The predicted molar refractivity (Wildman–Crippen MR) is 50.3 cm³/mol. The molecular formula is C7H13N3O3S. The Morgan fingerprint density at radius 1 is 1.43 bits per heavy atom. The molecule has 7 heteroatoms. The van der Waals surface area contributed by atoms with E-state index in [0.29, 0.717) is 0 Å². The van der Waals surface area contributed by atoms with Crippen molar-refractivity contribution in [3.05, 3.63) is 11.6 Å². The molecule has 1 aromatic rings. The van der Waals surface area contributed by atoms with Crippen LogP contribution in [0.4, 0.5) is 0 Å². The maximum atomic E-state index is 11.2. The van der Waals surface area contributed by atoms with E-state index in [1.54, 1.807) is 0 Å². The molecule has 2 atom stereocenters. The topological polar surface area (TPSA) is 95.9 Å². The smallest absolute Gasteiger partial charge is 0.178 e. The Balaban J connectivity index is 2.98. The number of nitrogens with one attached hydrogen (secondary N) is 1. The second-order valence-corrected chi connectivity index (χ2v) is 5.59. The van der Waals surface area contributed by atoms with Crippen LogP contribution in [0.25, 0.3) is 0 Å². The monoisotopic (exact) mass is 219 g/mol. The van der Waals surface area contributed by atoms with E-state index < -0.39 is 21.2 Å². The number of aromatic amines is 1. The van der Waals surface area contributed by atoms with Gasteiger partial charge in [-0.05, 0) is 13.8 Å². The van der Waals surface area contributed by atoms with Gasteiger partial charge in [0.15, 0.2) is 15.7 Å². The molecule has 0 saturated heterocycles. The standard InChI is InChI=1S/C7H13N3O3S/c1-4(11)6-8-7(10-9-6)5(2)14(3,12)13/h4-5,11H,1-3H3,(H,8,9,10). The van der Waals surface area contributed by atoms with E-state index in [9.17, 15) is 8.42 Å². The molecule has 6 nitrogen and oxygen atoms in total. The molecule has 1 aromatic heterocycles. The molecule has 0 spiro atoms. The SMILES string of the molecule is CC(O)c1n[nH]c(C(C)S(C)(=O)=O)n1. The van der Waals surface area contributed by atoms with Crippen molar-refractivity contribution in [2.75, 3.05) is 6.26 Å². The van der Waals surface area contributed by atoms with Crippen LogP contribution in [0.1, 0.15) is 36.9 Å². The quantitative estimate of drug-likeness (QED) is 0.743. The third kappa shape index (κ3) is 2.30. The Morgan fingerprint density at radius 2 is 2.00 bits per heavy atom. The Kier molecular flexibility index (Phi) is 2.91. The molecule has 0 aliphatic carbocycles. The highest BCUT2D eigenvalue weighted by atomic mass is 32.2. The molecule has 0 radical (unpaired) electrons. The van der Waals surface area contributed by atoms with Crippen LogP contribution >= 0.6 is 0 Å². The number of hydrogen-bond acceptors (Lipinski definition) is 5. The van der Waals surface area contributed by atoms with Crippen LogP contribution in [0.2, 0.25) is 0 Å². The van der Waals surface area contributed by atoms with Crippen molar-refractivity contribution in [3.63, 3.8) is 0 Å². The average Bonchev–Trinajstić information content (AvgIpc) is 2.48. The largest absolute Gasteiger partial charge is 0.385 e. The molecule has 2 N–H and O–H groups in total. The molecule has 1 heterocycles. The highest BCUT2D eigenvalue weighted by Gasteiger charge is 2.21. The predicted octanol–water partition coefficient (Wildman–Crippen LogP) is -0.0364. The lowest BCUT2D eigenvalue weighted by Gasteiger charge is -2.03. The Labute approximate surface area is 82.3 Å². The van der Waals surface area contributed by atoms with Gasteiger partial charge in [0, 0.05) is 6.26 Å². The van der Waals surface area contributed by atoms with Crippen molar-refractivity contribution in [3.8, 4) is 0 Å². The van der Waals surface area contributed by atoms with Gasteiger partial charge in [-0.1, -0.05) is 0 Å². The summed E-state index contributed by atoms with van der Waals surface area (Å²) in [6.45, 7) is 3.03. The van der Waals surface area contributed by atoms with E-state index in [-0.39, 0.29) is 11.6 Å². The van der Waals surface area contributed by atoms with Crippen molar-refractivity contribution in [1.29, 1.82) is 0 Å². The number of hydrogen-bond donors (Lipinski definition) is 2. The zero-order valence-electron chi connectivity index (χ0n) is 8.22. The van der Waals surface area contributed by atoms with Gasteiger partial charge in [0.1, 0.15) is 17.2 Å². The maximum absolute atomic E-state index is 11.2. The summed E-state index contributed by atoms with van der Waals surface area (Å²) < 4.78 is 22.3. The van der Waals surface area contributed by atoms with Gasteiger partial charge in [-0.25, -0.2) is 13.4 Å². The first kappa shape index (κ1) is 11.1. The van der Waals surface area contributed by atoms with Crippen LogP contribution in [0.15, 0.2) is 0 Å². The summed E-state index contributed by atoms with van der Waals surface area (Å²) in [6, 6.07) is 0. The number of nitrogens with zero attached hydrogens (tertiary/aromatic N) is 2. The fraction of sp³-hybridized carbons (Fsp3) is 0.714. The van der Waals surface area contributed by atoms with E-state index in [4.69, 9.17) is 5.11 Å². The molecule has 0 aliphatic rings. The van der Waals surface area contributed by atoms with Crippen LogP contribution in [-0.2, 0) is 9.84 Å². The summed E-state index contributed by atoms with van der Waals surface area (Å²) in [5.74, 6) is 0.457. The maximum Gasteiger partial charge on any atom is 0.178 e. The lowest BCUT2D eigenvalue weighted by atomic mass is 10.4. The van der Waals surface area contributed by atoms with Crippen molar-refractivity contribution >= 4 is 9.84 Å². The molecule has 0 saturated carbocycles. The molecule has 1 rings (SSSR count). The Hall–Kier alpha value is -0.950. The molecule has 0 aliphatic heterocycles. The number of sulfone groups is 1. The fourth-order valence-electron chi connectivity index (χ4n) is 0.859. The number of rotatable bonds is 3.